The van der Waals surface area contributed by atoms with E-state index in [4.69, 9.17) is 42.6 Å². The Morgan fingerprint density at radius 3 is 0.717 bits per heavy atom. The predicted molar refractivity (Wildman–Crippen MR) is 205 cm³/mol. The minimum absolute atomic E-state index is 0.568. The number of ether oxygens (including phenoxy) is 9. The summed E-state index contributed by atoms with van der Waals surface area (Å²) in [5.41, 5.74) is -6.89. The van der Waals surface area contributed by atoms with Crippen LogP contribution in [0.4, 0.5) is 14.4 Å². The van der Waals surface area contributed by atoms with E-state index in [1.165, 1.54) is 20.8 Å². The molecule has 0 aliphatic carbocycles. The van der Waals surface area contributed by atoms with Crippen molar-refractivity contribution in [2.45, 2.75) is 37.4 Å². The van der Waals surface area contributed by atoms with Gasteiger partial charge in [-0.2, -0.15) is 0 Å². The smallest absolute Gasteiger partial charge is 0.407 e. The SMILES string of the molecule is C=CC(=O)OCC(C)(COC(=O)C=C)NC(=O)OCC(CO)(COC(=O)NC(C)(COC(=O)C=C)COC(=O)C=C)COC(=O)NC(C)(COC(=O)C=C)COC(=O)C=C. The summed E-state index contributed by atoms with van der Waals surface area (Å²) in [5, 5.41) is 17.7. The first-order valence-electron chi connectivity index (χ1n) is 17.3. The van der Waals surface area contributed by atoms with E-state index in [1.807, 2.05) is 0 Å². The highest BCUT2D eigenvalue weighted by Crippen LogP contribution is 2.21. The molecule has 0 aromatic rings. The van der Waals surface area contributed by atoms with Crippen LogP contribution in [0.2, 0.25) is 0 Å². The number of nitrogens with one attached hydrogen (secondary N) is 3. The fraction of sp³-hybridized carbons (Fsp3) is 0.447. The molecule has 0 atom stereocenters. The van der Waals surface area contributed by atoms with Gasteiger partial charge in [-0.1, -0.05) is 39.5 Å². The highest BCUT2D eigenvalue weighted by atomic mass is 16.6. The molecule has 0 unspecified atom stereocenters. The minimum atomic E-state index is -1.99. The summed E-state index contributed by atoms with van der Waals surface area (Å²) in [6.07, 6.45) is 1.22. The average molecular weight is 854 g/mol. The summed E-state index contributed by atoms with van der Waals surface area (Å²) in [4.78, 5) is 110. The van der Waals surface area contributed by atoms with Crippen molar-refractivity contribution >= 4 is 54.1 Å². The van der Waals surface area contributed by atoms with Gasteiger partial charge in [-0.05, 0) is 20.8 Å². The van der Waals surface area contributed by atoms with Crippen LogP contribution in [0.1, 0.15) is 20.8 Å². The molecule has 0 aliphatic heterocycles. The Labute approximate surface area is 345 Å². The third kappa shape index (κ3) is 21.5. The minimum Gasteiger partial charge on any atom is -0.460 e. The molecule has 0 radical (unpaired) electrons. The highest BCUT2D eigenvalue weighted by Gasteiger charge is 2.40. The number of aliphatic hydroxyl groups is 1. The predicted octanol–water partition coefficient (Wildman–Crippen LogP) is 0.795. The number of esters is 6. The largest absolute Gasteiger partial charge is 0.460 e. The first-order valence-corrected chi connectivity index (χ1v) is 17.3. The van der Waals surface area contributed by atoms with Crippen molar-refractivity contribution in [3.05, 3.63) is 75.9 Å². The third-order valence-corrected chi connectivity index (χ3v) is 7.27. The summed E-state index contributed by atoms with van der Waals surface area (Å²) in [6.45, 7) is 16.5. The Bertz CT molecular complexity index is 1380. The van der Waals surface area contributed by atoms with E-state index >= 15 is 0 Å². The summed E-state index contributed by atoms with van der Waals surface area (Å²) in [6, 6.07) is 0. The zero-order chi connectivity index (χ0) is 46.0. The van der Waals surface area contributed by atoms with Crippen LogP contribution in [0.5, 0.6) is 0 Å². The van der Waals surface area contributed by atoms with Gasteiger partial charge in [0.2, 0.25) is 0 Å². The Balaban J connectivity index is 6.52. The van der Waals surface area contributed by atoms with E-state index in [-0.39, 0.29) is 0 Å². The maximum atomic E-state index is 13.1. The van der Waals surface area contributed by atoms with Crippen LogP contribution in [-0.2, 0) is 71.4 Å². The molecule has 0 fully saturated rings. The first-order chi connectivity index (χ1) is 28.1. The van der Waals surface area contributed by atoms with Gasteiger partial charge in [0.1, 0.15) is 76.1 Å². The van der Waals surface area contributed by atoms with Gasteiger partial charge in [-0.25, -0.2) is 43.2 Å². The summed E-state index contributed by atoms with van der Waals surface area (Å²) < 4.78 is 46.0. The molecule has 22 nitrogen and oxygen atoms in total. The summed E-state index contributed by atoms with van der Waals surface area (Å²) in [7, 11) is 0. The Hall–Kier alpha value is -6.97. The second-order valence-corrected chi connectivity index (χ2v) is 13.3. The maximum Gasteiger partial charge on any atom is 0.407 e. The summed E-state index contributed by atoms with van der Waals surface area (Å²) in [5.74, 6) is -5.34. The number of hydrogen-bond acceptors (Lipinski definition) is 19. The number of amides is 3. The maximum absolute atomic E-state index is 13.1. The molecule has 0 rings (SSSR count). The van der Waals surface area contributed by atoms with Crippen LogP contribution in [0.3, 0.4) is 0 Å². The number of alkyl carbamates (subject to hydrolysis) is 3. The van der Waals surface area contributed by atoms with Gasteiger partial charge in [0.05, 0.1) is 12.0 Å². The van der Waals surface area contributed by atoms with Crippen molar-refractivity contribution in [3.8, 4) is 0 Å². The van der Waals surface area contributed by atoms with Crippen molar-refractivity contribution in [2.75, 3.05) is 66.1 Å². The van der Waals surface area contributed by atoms with Crippen LogP contribution >= 0.6 is 0 Å². The van der Waals surface area contributed by atoms with Gasteiger partial charge in [0, 0.05) is 36.5 Å². The van der Waals surface area contributed by atoms with E-state index in [2.05, 4.69) is 55.4 Å². The fourth-order valence-corrected chi connectivity index (χ4v) is 3.84. The molecule has 0 aromatic heterocycles. The van der Waals surface area contributed by atoms with Gasteiger partial charge in [-0.3, -0.25) is 0 Å². The van der Waals surface area contributed by atoms with Crippen LogP contribution in [0.15, 0.2) is 75.9 Å². The number of carbonyl (C=O) groups excluding carboxylic acids is 9. The zero-order valence-electron chi connectivity index (χ0n) is 33.6. The van der Waals surface area contributed by atoms with Crippen molar-refractivity contribution in [2.24, 2.45) is 5.41 Å². The Morgan fingerprint density at radius 1 is 0.383 bits per heavy atom. The average Bonchev–Trinajstić information content (AvgIpc) is 3.23. The molecule has 0 bridgehead atoms. The molecular formula is C38H51N3O19. The number of rotatable bonds is 28. The molecular weight excluding hydrogens is 802 g/mol. The fourth-order valence-electron chi connectivity index (χ4n) is 3.84. The van der Waals surface area contributed by atoms with Gasteiger partial charge in [0.15, 0.2) is 0 Å². The second kappa shape index (κ2) is 26.1. The van der Waals surface area contributed by atoms with E-state index in [0.29, 0.717) is 0 Å². The Morgan fingerprint density at radius 2 is 0.567 bits per heavy atom. The number of hydrogen-bond donors (Lipinski definition) is 4. The summed E-state index contributed by atoms with van der Waals surface area (Å²) >= 11 is 0. The number of carbonyl (C=O) groups is 9. The number of aliphatic hydroxyl groups excluding tert-OH is 1. The lowest BCUT2D eigenvalue weighted by atomic mass is 9.92. The van der Waals surface area contributed by atoms with E-state index in [1.54, 1.807) is 0 Å². The van der Waals surface area contributed by atoms with Crippen molar-refractivity contribution in [1.29, 1.82) is 0 Å². The third-order valence-electron chi connectivity index (χ3n) is 7.27. The van der Waals surface area contributed by atoms with Crippen LogP contribution in [0, 0.1) is 5.41 Å². The molecule has 0 spiro atoms. The lowest BCUT2D eigenvalue weighted by molar-refractivity contribution is -0.146. The monoisotopic (exact) mass is 853 g/mol. The standard InChI is InChI=1S/C38H51N3O19/c1-10-26(43)52-17-35(7,18-53-27(44)11-2)39-32(49)58-23-38(16-42,24-59-33(50)40-36(8,19-54-28(45)12-3)20-55-29(46)13-4)25-60-34(51)41-37(9,21-56-30(47)14-5)22-57-31(48)15-6/h10-15,42H,1-6,16-25H2,7-9H3,(H,39,49)(H,40,50)(H,41,51). The normalized spacial score (nSPS) is 11.0. The molecule has 0 aromatic carbocycles. The molecule has 0 aliphatic rings. The zero-order valence-corrected chi connectivity index (χ0v) is 33.6. The molecule has 60 heavy (non-hydrogen) atoms. The van der Waals surface area contributed by atoms with Crippen molar-refractivity contribution in [1.82, 2.24) is 16.0 Å². The van der Waals surface area contributed by atoms with Crippen LogP contribution in [-0.4, -0.2) is 142 Å². The first kappa shape index (κ1) is 53.0. The van der Waals surface area contributed by atoms with Crippen LogP contribution < -0.4 is 16.0 Å². The quantitative estimate of drug-likeness (QED) is 0.0481. The lowest BCUT2D eigenvalue weighted by Crippen LogP contribution is -2.56. The van der Waals surface area contributed by atoms with Gasteiger partial charge in [0.25, 0.3) is 0 Å². The van der Waals surface area contributed by atoms with Gasteiger partial charge < -0.3 is 63.7 Å². The van der Waals surface area contributed by atoms with E-state index in [9.17, 15) is 48.3 Å². The molecule has 22 heteroatoms. The highest BCUT2D eigenvalue weighted by molar-refractivity contribution is 5.83. The topological polar surface area (TPSA) is 293 Å². The molecule has 0 saturated carbocycles. The molecule has 332 valence electrons. The van der Waals surface area contributed by atoms with Gasteiger partial charge >= 0.3 is 54.1 Å². The van der Waals surface area contributed by atoms with Crippen LogP contribution in [0.25, 0.3) is 0 Å². The van der Waals surface area contributed by atoms with Gasteiger partial charge in [-0.15, -0.1) is 0 Å². The van der Waals surface area contributed by atoms with Crippen molar-refractivity contribution in [3.63, 3.8) is 0 Å². The molecule has 4 N–H and O–H groups in total. The molecule has 0 saturated heterocycles. The second-order valence-electron chi connectivity index (χ2n) is 13.3. The van der Waals surface area contributed by atoms with E-state index < -0.39 is 142 Å². The molecule has 3 amide bonds. The Kier molecular flexibility index (Phi) is 23.1. The van der Waals surface area contributed by atoms with Crippen molar-refractivity contribution < 1.29 is 90.9 Å². The molecule has 0 heterocycles. The van der Waals surface area contributed by atoms with E-state index in [0.717, 1.165) is 36.5 Å². The lowest BCUT2D eigenvalue weighted by Gasteiger charge is -2.34.